The van der Waals surface area contributed by atoms with Crippen LogP contribution in [0, 0.1) is 26.0 Å². The topological polar surface area (TPSA) is 43.1 Å². The molecule has 0 saturated heterocycles. The predicted molar refractivity (Wildman–Crippen MR) is 95.9 cm³/mol. The maximum Gasteiger partial charge on any atom is 2.00 e. The van der Waals surface area contributed by atoms with Crippen molar-refractivity contribution in [2.45, 2.75) is 26.7 Å². The summed E-state index contributed by atoms with van der Waals surface area (Å²) in [6, 6.07) is 3.71. The SMILES string of the molecule is Cc1ccc(C(=O)/C=C/C2=CC[C-]=C2)c(C)c1N.[C-]1=CC=CC1.[Fe+2]. The Balaban J connectivity index is 0.000000412. The van der Waals surface area contributed by atoms with Gasteiger partial charge in [0.25, 0.3) is 0 Å². The Morgan fingerprint density at radius 1 is 1.21 bits per heavy atom. The van der Waals surface area contributed by atoms with Crippen LogP contribution >= 0.6 is 0 Å². The van der Waals surface area contributed by atoms with E-state index in [1.54, 1.807) is 6.08 Å². The van der Waals surface area contributed by atoms with E-state index in [0.717, 1.165) is 29.5 Å². The molecule has 0 amide bonds. The summed E-state index contributed by atoms with van der Waals surface area (Å²) in [7, 11) is 0. The molecule has 2 nitrogen and oxygen atoms in total. The maximum absolute atomic E-state index is 12.1. The Morgan fingerprint density at radius 3 is 2.54 bits per heavy atom. The average Bonchev–Trinajstić information content (AvgIpc) is 3.25. The average molecular weight is 359 g/mol. The zero-order valence-corrected chi connectivity index (χ0v) is 15.1. The van der Waals surface area contributed by atoms with E-state index in [-0.39, 0.29) is 22.9 Å². The Labute approximate surface area is 155 Å². The van der Waals surface area contributed by atoms with Crippen LogP contribution < -0.4 is 5.73 Å². The number of carbonyl (C=O) groups excluding carboxylic acids is 1. The normalized spacial score (nSPS) is 14.3. The molecule has 2 aliphatic rings. The van der Waals surface area contributed by atoms with Crippen LogP contribution in [0.15, 0.2) is 60.2 Å². The fourth-order valence-electron chi connectivity index (χ4n) is 2.26. The van der Waals surface area contributed by atoms with Crippen molar-refractivity contribution in [3.8, 4) is 0 Å². The van der Waals surface area contributed by atoms with E-state index in [1.807, 2.05) is 56.4 Å². The van der Waals surface area contributed by atoms with E-state index >= 15 is 0 Å². The molecule has 0 heterocycles. The fraction of sp³-hybridized carbons (Fsp3) is 0.190. The molecular formula is C21H21FeNO. The van der Waals surface area contributed by atoms with Gasteiger partial charge in [0, 0.05) is 11.3 Å². The number of carbonyl (C=O) groups is 1. The van der Waals surface area contributed by atoms with E-state index in [0.29, 0.717) is 11.3 Å². The van der Waals surface area contributed by atoms with Crippen LogP contribution in [0.4, 0.5) is 5.69 Å². The molecule has 3 rings (SSSR count). The van der Waals surface area contributed by atoms with Crippen molar-refractivity contribution in [2.75, 3.05) is 5.73 Å². The fourth-order valence-corrected chi connectivity index (χ4v) is 2.26. The molecule has 0 unspecified atom stereocenters. The van der Waals surface area contributed by atoms with Crippen molar-refractivity contribution in [3.05, 3.63) is 89.1 Å². The van der Waals surface area contributed by atoms with Gasteiger partial charge in [0.2, 0.25) is 0 Å². The molecule has 0 atom stereocenters. The molecular weight excluding hydrogens is 338 g/mol. The molecule has 0 aliphatic heterocycles. The molecule has 2 N–H and O–H groups in total. The van der Waals surface area contributed by atoms with Gasteiger partial charge in [-0.05, 0) is 31.1 Å². The third-order valence-corrected chi connectivity index (χ3v) is 3.74. The number of aryl methyl sites for hydroxylation is 1. The van der Waals surface area contributed by atoms with Gasteiger partial charge in [0.15, 0.2) is 5.78 Å². The number of allylic oxidation sites excluding steroid dienone is 10. The number of hydrogen-bond donors (Lipinski definition) is 1. The van der Waals surface area contributed by atoms with Gasteiger partial charge >= 0.3 is 17.1 Å². The van der Waals surface area contributed by atoms with Gasteiger partial charge in [-0.3, -0.25) is 16.9 Å². The predicted octanol–water partition coefficient (Wildman–Crippen LogP) is 4.62. The Morgan fingerprint density at radius 2 is 2.00 bits per heavy atom. The molecule has 0 saturated carbocycles. The number of nitrogen functional groups attached to an aromatic ring is 1. The first kappa shape index (κ1) is 20.0. The summed E-state index contributed by atoms with van der Waals surface area (Å²) in [5.74, 6) is -0.0135. The summed E-state index contributed by atoms with van der Waals surface area (Å²) in [6.07, 6.45) is 21.2. The van der Waals surface area contributed by atoms with Crippen LogP contribution in [0.1, 0.15) is 34.3 Å². The van der Waals surface area contributed by atoms with Crippen molar-refractivity contribution in [2.24, 2.45) is 0 Å². The summed E-state index contributed by atoms with van der Waals surface area (Å²) in [5.41, 5.74) is 10.2. The van der Waals surface area contributed by atoms with Gasteiger partial charge in [-0.25, -0.2) is 18.2 Å². The largest absolute Gasteiger partial charge is 2.00 e. The minimum absolute atomic E-state index is 0. The van der Waals surface area contributed by atoms with Gasteiger partial charge in [-0.1, -0.05) is 12.1 Å². The van der Waals surface area contributed by atoms with Crippen molar-refractivity contribution in [1.29, 1.82) is 0 Å². The molecule has 24 heavy (non-hydrogen) atoms. The summed E-state index contributed by atoms with van der Waals surface area (Å²) in [6.45, 7) is 3.82. The summed E-state index contributed by atoms with van der Waals surface area (Å²) >= 11 is 0. The summed E-state index contributed by atoms with van der Waals surface area (Å²) in [5, 5.41) is 0. The van der Waals surface area contributed by atoms with Crippen molar-refractivity contribution >= 4 is 11.5 Å². The molecule has 2 aliphatic carbocycles. The number of hydrogen-bond acceptors (Lipinski definition) is 2. The second-order valence-corrected chi connectivity index (χ2v) is 5.43. The van der Waals surface area contributed by atoms with E-state index < -0.39 is 0 Å². The van der Waals surface area contributed by atoms with Crippen molar-refractivity contribution < 1.29 is 21.9 Å². The van der Waals surface area contributed by atoms with Crippen LogP contribution in [-0.2, 0) is 17.1 Å². The molecule has 1 aromatic carbocycles. The number of nitrogens with two attached hydrogens (primary N) is 1. The Kier molecular flexibility index (Phi) is 8.25. The first-order chi connectivity index (χ1) is 11.1. The zero-order chi connectivity index (χ0) is 16.7. The van der Waals surface area contributed by atoms with Crippen LogP contribution in [-0.4, -0.2) is 5.78 Å². The second kappa shape index (κ2) is 9.92. The van der Waals surface area contributed by atoms with Crippen molar-refractivity contribution in [1.82, 2.24) is 0 Å². The third kappa shape index (κ3) is 5.52. The van der Waals surface area contributed by atoms with E-state index in [4.69, 9.17) is 5.73 Å². The number of ketones is 1. The molecule has 0 spiro atoms. The number of anilines is 1. The van der Waals surface area contributed by atoms with Crippen molar-refractivity contribution in [3.63, 3.8) is 0 Å². The van der Waals surface area contributed by atoms with Crippen LogP contribution in [0.25, 0.3) is 0 Å². The monoisotopic (exact) mass is 359 g/mol. The molecule has 1 aromatic rings. The quantitative estimate of drug-likeness (QED) is 0.281. The number of rotatable bonds is 3. The van der Waals surface area contributed by atoms with Gasteiger partial charge in [-0.2, -0.15) is 17.7 Å². The first-order valence-corrected chi connectivity index (χ1v) is 7.66. The third-order valence-electron chi connectivity index (χ3n) is 3.74. The molecule has 0 radical (unpaired) electrons. The molecule has 3 heteroatoms. The minimum atomic E-state index is -0.0135. The Bertz CT molecular complexity index is 726. The van der Waals surface area contributed by atoms with E-state index in [2.05, 4.69) is 18.2 Å². The molecule has 0 bridgehead atoms. The van der Waals surface area contributed by atoms with Crippen LogP contribution in [0.3, 0.4) is 0 Å². The van der Waals surface area contributed by atoms with Gasteiger partial charge in [-0.15, -0.1) is 18.9 Å². The second-order valence-electron chi connectivity index (χ2n) is 5.43. The van der Waals surface area contributed by atoms with Gasteiger partial charge in [0.05, 0.1) is 0 Å². The van der Waals surface area contributed by atoms with E-state index in [1.165, 1.54) is 0 Å². The first-order valence-electron chi connectivity index (χ1n) is 7.66. The smallest absolute Gasteiger partial charge is 0.398 e. The number of benzene rings is 1. The summed E-state index contributed by atoms with van der Waals surface area (Å²) < 4.78 is 0. The minimum Gasteiger partial charge on any atom is -0.398 e. The maximum atomic E-state index is 12.1. The Hall–Kier alpha value is -2.09. The zero-order valence-electron chi connectivity index (χ0n) is 13.9. The van der Waals surface area contributed by atoms with Gasteiger partial charge in [0.1, 0.15) is 0 Å². The van der Waals surface area contributed by atoms with E-state index in [9.17, 15) is 4.79 Å². The molecule has 124 valence electrons. The summed E-state index contributed by atoms with van der Waals surface area (Å²) in [4.78, 5) is 12.1. The van der Waals surface area contributed by atoms with Gasteiger partial charge < -0.3 is 5.73 Å². The van der Waals surface area contributed by atoms with Crippen LogP contribution in [0.2, 0.25) is 0 Å². The standard InChI is InChI=1S/C16H16NO.C5H5.Fe/c1-11-7-9-14(12(2)16(11)17)15(18)10-8-13-5-3-4-6-13;1-2-4-5-3-1;/h5-10H,3,17H2,1-2H3;1-3H,4H2;/q2*-1;+2/b10-8+;;. The molecule has 0 fully saturated rings. The molecule has 0 aromatic heterocycles. The van der Waals surface area contributed by atoms with Crippen LogP contribution in [0.5, 0.6) is 0 Å².